The molecule has 3 rings (SSSR count). The molecule has 0 saturated carbocycles. The van der Waals surface area contributed by atoms with Crippen LogP contribution in [0.2, 0.25) is 0 Å². The predicted molar refractivity (Wildman–Crippen MR) is 102 cm³/mol. The first kappa shape index (κ1) is 19.3. The normalized spacial score (nSPS) is 13.9. The van der Waals surface area contributed by atoms with Gasteiger partial charge >= 0.3 is 5.97 Å². The number of carbonyl (C=O) groups is 4. The molecule has 0 fully saturated rings. The number of carbonyl (C=O) groups excluding carboxylic acids is 4. The largest absolute Gasteiger partial charge is 0.452 e. The fraction of sp³-hybridized carbons (Fsp3) is 0.238. The fourth-order valence-electron chi connectivity index (χ4n) is 2.83. The van der Waals surface area contributed by atoms with Crippen LogP contribution < -0.4 is 10.2 Å². The highest BCUT2D eigenvalue weighted by molar-refractivity contribution is 6.34. The maximum atomic E-state index is 12.6. The van der Waals surface area contributed by atoms with Crippen LogP contribution in [-0.2, 0) is 9.53 Å². The van der Waals surface area contributed by atoms with Crippen molar-refractivity contribution in [3.05, 3.63) is 65.2 Å². The Labute approximate surface area is 162 Å². The molecular weight excluding hydrogens is 360 g/mol. The van der Waals surface area contributed by atoms with Crippen LogP contribution in [0.15, 0.2) is 48.5 Å². The minimum atomic E-state index is -0.710. The summed E-state index contributed by atoms with van der Waals surface area (Å²) in [5.41, 5.74) is 1.06. The van der Waals surface area contributed by atoms with Crippen molar-refractivity contribution in [2.45, 2.75) is 26.3 Å². The van der Waals surface area contributed by atoms with Crippen LogP contribution in [0.4, 0.5) is 5.69 Å². The second kappa shape index (κ2) is 8.04. The van der Waals surface area contributed by atoms with E-state index in [1.807, 2.05) is 13.8 Å². The summed E-state index contributed by atoms with van der Waals surface area (Å²) in [4.78, 5) is 50.2. The molecule has 0 bridgehead atoms. The summed E-state index contributed by atoms with van der Waals surface area (Å²) in [6.45, 7) is 3.38. The number of ether oxygens (including phenoxy) is 1. The van der Waals surface area contributed by atoms with Crippen LogP contribution in [0.1, 0.15) is 51.3 Å². The van der Waals surface area contributed by atoms with Crippen LogP contribution in [-0.4, -0.2) is 36.3 Å². The van der Waals surface area contributed by atoms with Crippen LogP contribution >= 0.6 is 0 Å². The van der Waals surface area contributed by atoms with Crippen molar-refractivity contribution in [1.82, 2.24) is 5.32 Å². The number of benzene rings is 2. The van der Waals surface area contributed by atoms with Gasteiger partial charge in [0.15, 0.2) is 6.61 Å². The van der Waals surface area contributed by atoms with Gasteiger partial charge in [0, 0.05) is 6.04 Å². The molecule has 1 heterocycles. The maximum Gasteiger partial charge on any atom is 0.338 e. The molecule has 0 unspecified atom stereocenters. The zero-order valence-electron chi connectivity index (χ0n) is 15.6. The summed E-state index contributed by atoms with van der Waals surface area (Å²) in [7, 11) is 0. The van der Waals surface area contributed by atoms with Crippen molar-refractivity contribution < 1.29 is 23.9 Å². The lowest BCUT2D eigenvalue weighted by Gasteiger charge is -2.15. The summed E-state index contributed by atoms with van der Waals surface area (Å²) >= 11 is 0. The lowest BCUT2D eigenvalue weighted by atomic mass is 10.1. The lowest BCUT2D eigenvalue weighted by Crippen LogP contribution is -2.35. The van der Waals surface area contributed by atoms with E-state index in [9.17, 15) is 19.2 Å². The van der Waals surface area contributed by atoms with Gasteiger partial charge in [-0.1, -0.05) is 25.1 Å². The number of imide groups is 1. The molecule has 7 heteroatoms. The van der Waals surface area contributed by atoms with Gasteiger partial charge in [-0.25, -0.2) is 9.69 Å². The minimum absolute atomic E-state index is 0.0108. The van der Waals surface area contributed by atoms with Crippen molar-refractivity contribution in [1.29, 1.82) is 0 Å². The standard InChI is InChI=1S/C21H20N2O5/c1-3-13(2)22-18(24)12-28-21(27)14-7-6-8-15(11-14)23-19(25)16-9-4-5-10-17(16)20(23)26/h4-11,13H,3,12H2,1-2H3,(H,22,24)/t13-/m0/s1. The smallest absolute Gasteiger partial charge is 0.338 e. The molecule has 0 aliphatic carbocycles. The van der Waals surface area contributed by atoms with E-state index in [4.69, 9.17) is 4.74 Å². The number of hydrogen-bond acceptors (Lipinski definition) is 5. The van der Waals surface area contributed by atoms with Gasteiger partial charge in [-0.2, -0.15) is 0 Å². The van der Waals surface area contributed by atoms with E-state index in [2.05, 4.69) is 5.32 Å². The number of anilines is 1. The summed E-state index contributed by atoms with van der Waals surface area (Å²) in [6.07, 6.45) is 0.766. The third-order valence-corrected chi connectivity index (χ3v) is 4.49. The van der Waals surface area contributed by atoms with E-state index in [1.54, 1.807) is 36.4 Å². The van der Waals surface area contributed by atoms with Gasteiger partial charge < -0.3 is 10.1 Å². The predicted octanol–water partition coefficient (Wildman–Crippen LogP) is 2.56. The third-order valence-electron chi connectivity index (χ3n) is 4.49. The Morgan fingerprint density at radius 1 is 1.04 bits per heavy atom. The Bertz CT molecular complexity index is 918. The zero-order chi connectivity index (χ0) is 20.3. The first-order chi connectivity index (χ1) is 13.4. The summed E-state index contributed by atoms with van der Waals surface area (Å²) in [6, 6.07) is 12.5. The van der Waals surface area contributed by atoms with Crippen molar-refractivity contribution in [3.63, 3.8) is 0 Å². The van der Waals surface area contributed by atoms with Crippen LogP contribution in [0.5, 0.6) is 0 Å². The SMILES string of the molecule is CC[C@H](C)NC(=O)COC(=O)c1cccc(N2C(=O)c3ccccc3C2=O)c1. The summed E-state index contributed by atoms with van der Waals surface area (Å²) in [5, 5.41) is 2.70. The van der Waals surface area contributed by atoms with Gasteiger partial charge in [0.1, 0.15) is 0 Å². The van der Waals surface area contributed by atoms with E-state index in [0.717, 1.165) is 11.3 Å². The molecule has 0 aromatic heterocycles. The van der Waals surface area contributed by atoms with E-state index < -0.39 is 24.4 Å². The average molecular weight is 380 g/mol. The Morgan fingerprint density at radius 3 is 2.29 bits per heavy atom. The number of nitrogens with zero attached hydrogens (tertiary/aromatic N) is 1. The molecule has 1 N–H and O–H groups in total. The first-order valence-corrected chi connectivity index (χ1v) is 8.96. The number of nitrogens with one attached hydrogen (secondary N) is 1. The van der Waals surface area contributed by atoms with Crippen LogP contribution in [0, 0.1) is 0 Å². The summed E-state index contributed by atoms with van der Waals surface area (Å²) < 4.78 is 5.03. The highest BCUT2D eigenvalue weighted by atomic mass is 16.5. The van der Waals surface area contributed by atoms with Crippen molar-refractivity contribution in [2.75, 3.05) is 11.5 Å². The number of fused-ring (bicyclic) bond motifs is 1. The Kier molecular flexibility index (Phi) is 5.54. The zero-order valence-corrected chi connectivity index (χ0v) is 15.6. The number of esters is 1. The Hall–Kier alpha value is -3.48. The molecule has 3 amide bonds. The summed E-state index contributed by atoms with van der Waals surface area (Å²) in [5.74, 6) is -1.99. The molecule has 1 aliphatic rings. The minimum Gasteiger partial charge on any atom is -0.452 e. The van der Waals surface area contributed by atoms with Gasteiger partial charge in [0.2, 0.25) is 0 Å². The van der Waals surface area contributed by atoms with E-state index in [1.165, 1.54) is 12.1 Å². The quantitative estimate of drug-likeness (QED) is 0.614. The molecule has 2 aromatic carbocycles. The Balaban J connectivity index is 1.73. The highest BCUT2D eigenvalue weighted by Gasteiger charge is 2.36. The molecule has 2 aromatic rings. The van der Waals surface area contributed by atoms with E-state index in [0.29, 0.717) is 11.1 Å². The molecule has 7 nitrogen and oxygen atoms in total. The van der Waals surface area contributed by atoms with Gasteiger partial charge in [0.25, 0.3) is 17.7 Å². The fourth-order valence-corrected chi connectivity index (χ4v) is 2.83. The maximum absolute atomic E-state index is 12.6. The number of rotatable bonds is 6. The molecular formula is C21H20N2O5. The average Bonchev–Trinajstić information content (AvgIpc) is 2.97. The van der Waals surface area contributed by atoms with Crippen molar-refractivity contribution in [2.24, 2.45) is 0 Å². The lowest BCUT2D eigenvalue weighted by molar-refractivity contribution is -0.124. The van der Waals surface area contributed by atoms with E-state index in [-0.39, 0.29) is 23.2 Å². The first-order valence-electron chi connectivity index (χ1n) is 8.96. The molecule has 1 aliphatic heterocycles. The van der Waals surface area contributed by atoms with Gasteiger partial charge in [0.05, 0.1) is 22.4 Å². The molecule has 28 heavy (non-hydrogen) atoms. The monoisotopic (exact) mass is 380 g/mol. The molecule has 0 saturated heterocycles. The molecule has 0 spiro atoms. The Morgan fingerprint density at radius 2 is 1.68 bits per heavy atom. The van der Waals surface area contributed by atoms with Crippen molar-refractivity contribution >= 4 is 29.4 Å². The molecule has 144 valence electrons. The highest BCUT2D eigenvalue weighted by Crippen LogP contribution is 2.28. The van der Waals surface area contributed by atoms with Crippen LogP contribution in [0.3, 0.4) is 0 Å². The molecule has 0 radical (unpaired) electrons. The van der Waals surface area contributed by atoms with E-state index >= 15 is 0 Å². The molecule has 1 atom stereocenters. The van der Waals surface area contributed by atoms with Crippen LogP contribution in [0.25, 0.3) is 0 Å². The van der Waals surface area contributed by atoms with Gasteiger partial charge in [-0.15, -0.1) is 0 Å². The van der Waals surface area contributed by atoms with Gasteiger partial charge in [-0.3, -0.25) is 14.4 Å². The topological polar surface area (TPSA) is 92.8 Å². The third kappa shape index (κ3) is 3.78. The second-order valence-corrected chi connectivity index (χ2v) is 6.49. The van der Waals surface area contributed by atoms with Gasteiger partial charge in [-0.05, 0) is 43.7 Å². The second-order valence-electron chi connectivity index (χ2n) is 6.49. The number of hydrogen-bond donors (Lipinski definition) is 1. The number of amides is 3. The van der Waals surface area contributed by atoms with Crippen molar-refractivity contribution in [3.8, 4) is 0 Å².